The van der Waals surface area contributed by atoms with Crippen LogP contribution < -0.4 is 0 Å². The summed E-state index contributed by atoms with van der Waals surface area (Å²) in [7, 11) is 0. The first-order valence-corrected chi connectivity index (χ1v) is 9.39. The van der Waals surface area contributed by atoms with Crippen molar-refractivity contribution in [2.75, 3.05) is 0 Å². The first kappa shape index (κ1) is 17.7. The summed E-state index contributed by atoms with van der Waals surface area (Å²) in [6.45, 7) is 8.08. The summed E-state index contributed by atoms with van der Waals surface area (Å²) in [5.41, 5.74) is 2.32. The zero-order valence-electron chi connectivity index (χ0n) is 16.3. The molecule has 3 aromatic carbocycles. The number of aliphatic hydroxyl groups is 1. The van der Waals surface area contributed by atoms with Crippen LogP contribution in [0.5, 0.6) is 0 Å². The third-order valence-corrected chi connectivity index (χ3v) is 5.73. The fourth-order valence-electron chi connectivity index (χ4n) is 3.45. The van der Waals surface area contributed by atoms with Crippen LogP contribution >= 0.6 is 0 Å². The Balaban J connectivity index is 2.03. The van der Waals surface area contributed by atoms with Crippen LogP contribution in [0.1, 0.15) is 33.3 Å². The molecule has 4 aromatic rings. The Morgan fingerprint density at radius 1 is 0.704 bits per heavy atom. The fraction of sp³-hybridized carbons (Fsp3) is 0.240. The molecule has 136 valence electrons. The number of rotatable bonds is 2. The molecule has 27 heavy (non-hydrogen) atoms. The second kappa shape index (κ2) is 6.17. The van der Waals surface area contributed by atoms with Gasteiger partial charge in [0.25, 0.3) is 0 Å². The van der Waals surface area contributed by atoms with Crippen molar-refractivity contribution in [3.05, 3.63) is 78.4 Å². The van der Waals surface area contributed by atoms with E-state index in [1.807, 2.05) is 37.3 Å². The Bertz CT molecular complexity index is 1140. The van der Waals surface area contributed by atoms with Gasteiger partial charge < -0.3 is 5.11 Å². The highest BCUT2D eigenvalue weighted by Crippen LogP contribution is 2.43. The summed E-state index contributed by atoms with van der Waals surface area (Å²) >= 11 is 0. The lowest BCUT2D eigenvalue weighted by atomic mass is 9.72. The predicted octanol–water partition coefficient (Wildman–Crippen LogP) is 6.31. The third kappa shape index (κ3) is 3.00. The van der Waals surface area contributed by atoms with Crippen LogP contribution in [0.25, 0.3) is 32.9 Å². The first-order chi connectivity index (χ1) is 12.8. The van der Waals surface area contributed by atoms with E-state index in [0.717, 1.165) is 27.7 Å². The standard InChI is InChI=1S/C25H25NO/c1-24(2,3)25(4,27)21-16-19-11-7-8-12-22(19)26-23(21)20-14-13-17-9-5-6-10-18(17)15-20/h5-16,27H,1-4H3. The Kier molecular flexibility index (Phi) is 4.05. The lowest BCUT2D eigenvalue weighted by molar-refractivity contribution is -0.0466. The van der Waals surface area contributed by atoms with E-state index in [4.69, 9.17) is 4.98 Å². The van der Waals surface area contributed by atoms with Gasteiger partial charge in [-0.1, -0.05) is 75.4 Å². The summed E-state index contributed by atoms with van der Waals surface area (Å²) in [6, 6.07) is 24.9. The fourth-order valence-corrected chi connectivity index (χ4v) is 3.45. The Labute approximate surface area is 160 Å². The molecule has 0 bridgehead atoms. The summed E-state index contributed by atoms with van der Waals surface area (Å²) < 4.78 is 0. The molecule has 1 aromatic heterocycles. The normalized spacial score (nSPS) is 14.4. The Morgan fingerprint density at radius 2 is 1.33 bits per heavy atom. The number of benzene rings is 3. The Hall–Kier alpha value is -2.71. The van der Waals surface area contributed by atoms with Crippen molar-refractivity contribution >= 4 is 21.7 Å². The molecular weight excluding hydrogens is 330 g/mol. The summed E-state index contributed by atoms with van der Waals surface area (Å²) in [5.74, 6) is 0. The van der Waals surface area contributed by atoms with Crippen molar-refractivity contribution in [1.29, 1.82) is 0 Å². The topological polar surface area (TPSA) is 33.1 Å². The average Bonchev–Trinajstić information content (AvgIpc) is 2.65. The minimum atomic E-state index is -1.02. The van der Waals surface area contributed by atoms with Gasteiger partial charge in [-0.25, -0.2) is 4.98 Å². The lowest BCUT2D eigenvalue weighted by Crippen LogP contribution is -2.37. The number of pyridine rings is 1. The molecule has 2 nitrogen and oxygen atoms in total. The molecule has 0 aliphatic heterocycles. The van der Waals surface area contributed by atoms with Gasteiger partial charge in [0.2, 0.25) is 0 Å². The second-order valence-corrected chi connectivity index (χ2v) is 8.46. The quantitative estimate of drug-likeness (QED) is 0.457. The average molecular weight is 355 g/mol. The molecular formula is C25H25NO. The van der Waals surface area contributed by atoms with Crippen molar-refractivity contribution in [3.63, 3.8) is 0 Å². The Morgan fingerprint density at radius 3 is 2.04 bits per heavy atom. The lowest BCUT2D eigenvalue weighted by Gasteiger charge is -2.38. The molecule has 2 heteroatoms. The number of aromatic nitrogens is 1. The van der Waals surface area contributed by atoms with E-state index < -0.39 is 5.60 Å². The maximum absolute atomic E-state index is 11.5. The summed E-state index contributed by atoms with van der Waals surface area (Å²) in [5, 5.41) is 14.9. The van der Waals surface area contributed by atoms with Crippen LogP contribution in [-0.2, 0) is 5.60 Å². The van der Waals surface area contributed by atoms with E-state index in [0.29, 0.717) is 0 Å². The van der Waals surface area contributed by atoms with Gasteiger partial charge >= 0.3 is 0 Å². The van der Waals surface area contributed by atoms with Gasteiger partial charge in [-0.15, -0.1) is 0 Å². The van der Waals surface area contributed by atoms with Gasteiger partial charge in [-0.2, -0.15) is 0 Å². The van der Waals surface area contributed by atoms with Crippen LogP contribution in [0.3, 0.4) is 0 Å². The summed E-state index contributed by atoms with van der Waals surface area (Å²) in [4.78, 5) is 4.97. The van der Waals surface area contributed by atoms with Crippen molar-refractivity contribution in [2.45, 2.75) is 33.3 Å². The molecule has 0 amide bonds. The zero-order valence-corrected chi connectivity index (χ0v) is 16.3. The van der Waals surface area contributed by atoms with Crippen LogP contribution in [0.4, 0.5) is 0 Å². The molecule has 1 N–H and O–H groups in total. The molecule has 4 rings (SSSR count). The smallest absolute Gasteiger partial charge is 0.0937 e. The second-order valence-electron chi connectivity index (χ2n) is 8.46. The zero-order chi connectivity index (χ0) is 19.2. The highest BCUT2D eigenvalue weighted by atomic mass is 16.3. The monoisotopic (exact) mass is 355 g/mol. The van der Waals surface area contributed by atoms with E-state index >= 15 is 0 Å². The molecule has 0 aliphatic carbocycles. The highest BCUT2D eigenvalue weighted by molar-refractivity contribution is 5.89. The van der Waals surface area contributed by atoms with E-state index in [1.54, 1.807) is 0 Å². The SMILES string of the molecule is CC(C)(C)C(C)(O)c1cc2ccccc2nc1-c1ccc2ccccc2c1. The van der Waals surface area contributed by atoms with Crippen molar-refractivity contribution in [2.24, 2.45) is 5.41 Å². The molecule has 0 aliphatic rings. The molecule has 0 spiro atoms. The van der Waals surface area contributed by atoms with Crippen LogP contribution in [0.15, 0.2) is 72.8 Å². The van der Waals surface area contributed by atoms with Gasteiger partial charge in [0.05, 0.1) is 16.8 Å². The molecule has 0 radical (unpaired) electrons. The third-order valence-electron chi connectivity index (χ3n) is 5.73. The van der Waals surface area contributed by atoms with Crippen molar-refractivity contribution < 1.29 is 5.11 Å². The minimum Gasteiger partial charge on any atom is -0.385 e. The van der Waals surface area contributed by atoms with Crippen LogP contribution in [-0.4, -0.2) is 10.1 Å². The van der Waals surface area contributed by atoms with Gasteiger partial charge in [-0.3, -0.25) is 0 Å². The number of fused-ring (bicyclic) bond motifs is 2. The molecule has 1 atom stereocenters. The molecule has 1 heterocycles. The van der Waals surface area contributed by atoms with Crippen molar-refractivity contribution in [3.8, 4) is 11.3 Å². The van der Waals surface area contributed by atoms with Gasteiger partial charge in [0, 0.05) is 16.5 Å². The van der Waals surface area contributed by atoms with E-state index in [1.165, 1.54) is 10.8 Å². The van der Waals surface area contributed by atoms with Crippen molar-refractivity contribution in [1.82, 2.24) is 4.98 Å². The molecule has 0 saturated carbocycles. The maximum atomic E-state index is 11.5. The number of nitrogens with zero attached hydrogens (tertiary/aromatic N) is 1. The predicted molar refractivity (Wildman–Crippen MR) is 114 cm³/mol. The minimum absolute atomic E-state index is 0.331. The van der Waals surface area contributed by atoms with Gasteiger partial charge in [0.1, 0.15) is 0 Å². The molecule has 0 saturated heterocycles. The maximum Gasteiger partial charge on any atom is 0.0937 e. The number of para-hydroxylation sites is 1. The van der Waals surface area contributed by atoms with Crippen LogP contribution in [0.2, 0.25) is 0 Å². The highest BCUT2D eigenvalue weighted by Gasteiger charge is 2.39. The largest absolute Gasteiger partial charge is 0.385 e. The number of hydrogen-bond donors (Lipinski definition) is 1. The van der Waals surface area contributed by atoms with E-state index in [9.17, 15) is 5.11 Å². The number of hydrogen-bond acceptors (Lipinski definition) is 2. The van der Waals surface area contributed by atoms with Gasteiger partial charge in [0.15, 0.2) is 0 Å². The molecule has 0 fully saturated rings. The van der Waals surface area contributed by atoms with E-state index in [-0.39, 0.29) is 5.41 Å². The first-order valence-electron chi connectivity index (χ1n) is 9.39. The molecule has 1 unspecified atom stereocenters. The summed E-state index contributed by atoms with van der Waals surface area (Å²) in [6.07, 6.45) is 0. The van der Waals surface area contributed by atoms with Crippen LogP contribution in [0, 0.1) is 5.41 Å². The van der Waals surface area contributed by atoms with Gasteiger partial charge in [-0.05, 0) is 41.3 Å². The van der Waals surface area contributed by atoms with E-state index in [2.05, 4.69) is 63.2 Å².